The van der Waals surface area contributed by atoms with Gasteiger partial charge in [0, 0.05) is 19.7 Å². The summed E-state index contributed by atoms with van der Waals surface area (Å²) < 4.78 is 6.82. The van der Waals surface area contributed by atoms with Crippen molar-refractivity contribution in [2.24, 2.45) is 0 Å². The molecule has 1 amide bonds. The van der Waals surface area contributed by atoms with E-state index in [2.05, 4.69) is 10.1 Å². The van der Waals surface area contributed by atoms with Crippen LogP contribution in [0.2, 0.25) is 0 Å². The topological polar surface area (TPSA) is 77.3 Å². The Hall–Kier alpha value is -3.48. The molecule has 0 aliphatic rings. The Morgan fingerprint density at radius 3 is 2.19 bits per heavy atom. The molecule has 1 heterocycles. The summed E-state index contributed by atoms with van der Waals surface area (Å²) in [5.41, 5.74) is 1.57. The molecule has 7 nitrogen and oxygen atoms in total. The average molecular weight is 364 g/mol. The van der Waals surface area contributed by atoms with E-state index in [1.807, 2.05) is 60.7 Å². The fourth-order valence-electron chi connectivity index (χ4n) is 2.55. The van der Waals surface area contributed by atoms with Gasteiger partial charge in [0.25, 0.3) is 11.7 Å². The fourth-order valence-corrected chi connectivity index (χ4v) is 2.55. The van der Waals surface area contributed by atoms with E-state index in [1.165, 1.54) is 11.8 Å². The minimum absolute atomic E-state index is 0.101. The lowest BCUT2D eigenvalue weighted by Gasteiger charge is -2.16. The van der Waals surface area contributed by atoms with Crippen LogP contribution in [0.1, 0.15) is 17.5 Å². The third-order valence-corrected chi connectivity index (χ3v) is 3.89. The van der Waals surface area contributed by atoms with Crippen LogP contribution in [0.3, 0.4) is 0 Å². The molecule has 0 radical (unpaired) electrons. The van der Waals surface area contributed by atoms with Gasteiger partial charge < -0.3 is 9.64 Å². The molecule has 0 saturated heterocycles. The zero-order chi connectivity index (χ0) is 19.4. The van der Waals surface area contributed by atoms with Crippen LogP contribution < -0.4 is 0 Å². The van der Waals surface area contributed by atoms with E-state index in [0.717, 1.165) is 11.3 Å². The summed E-state index contributed by atoms with van der Waals surface area (Å²) in [6.07, 6.45) is -0.920. The second-order valence-corrected chi connectivity index (χ2v) is 6.15. The first-order chi connectivity index (χ1) is 13.0. The molecule has 0 saturated carbocycles. The van der Waals surface area contributed by atoms with Crippen molar-refractivity contribution in [2.45, 2.75) is 13.0 Å². The Morgan fingerprint density at radius 1 is 1.00 bits per heavy atom. The maximum Gasteiger partial charge on any atom is 0.379 e. The van der Waals surface area contributed by atoms with E-state index in [1.54, 1.807) is 18.8 Å². The molecule has 7 heteroatoms. The Morgan fingerprint density at radius 2 is 1.59 bits per heavy atom. The summed E-state index contributed by atoms with van der Waals surface area (Å²) in [5, 5.41) is 4.32. The molecule has 0 aliphatic heterocycles. The normalized spacial score (nSPS) is 11.7. The largest absolute Gasteiger partial charge is 0.447 e. The number of esters is 1. The van der Waals surface area contributed by atoms with Gasteiger partial charge in [0.1, 0.15) is 0 Å². The van der Waals surface area contributed by atoms with E-state index in [-0.39, 0.29) is 11.7 Å². The van der Waals surface area contributed by atoms with Crippen molar-refractivity contribution in [3.05, 3.63) is 66.5 Å². The van der Waals surface area contributed by atoms with E-state index in [4.69, 9.17) is 4.74 Å². The third-order valence-electron chi connectivity index (χ3n) is 3.89. The maximum atomic E-state index is 12.5. The number of benzene rings is 2. The van der Waals surface area contributed by atoms with Gasteiger partial charge in [-0.3, -0.25) is 4.79 Å². The van der Waals surface area contributed by atoms with Gasteiger partial charge in [-0.25, -0.2) is 14.5 Å². The van der Waals surface area contributed by atoms with Gasteiger partial charge in [0.2, 0.25) is 0 Å². The van der Waals surface area contributed by atoms with Crippen LogP contribution in [0.25, 0.3) is 17.1 Å². The first-order valence-electron chi connectivity index (χ1n) is 8.47. The van der Waals surface area contributed by atoms with Crippen molar-refractivity contribution in [3.8, 4) is 17.1 Å². The summed E-state index contributed by atoms with van der Waals surface area (Å²) in [7, 11) is 3.20. The standard InChI is InChI=1S/C20H20N4O3/c1-14(19(25)23(2)3)27-20(26)17-21-18(15-10-6-4-7-11-15)24(22-17)16-12-8-5-9-13-16/h4-14H,1-3H3/t14-/m1/s1. The van der Waals surface area contributed by atoms with Crippen molar-refractivity contribution in [1.82, 2.24) is 19.7 Å². The number of ether oxygens (including phenoxy) is 1. The van der Waals surface area contributed by atoms with Gasteiger partial charge in [-0.2, -0.15) is 0 Å². The molecule has 0 bridgehead atoms. The Balaban J connectivity index is 1.97. The molecule has 0 unspecified atom stereocenters. The second-order valence-electron chi connectivity index (χ2n) is 6.15. The molecular weight excluding hydrogens is 344 g/mol. The molecular formula is C20H20N4O3. The van der Waals surface area contributed by atoms with Crippen LogP contribution >= 0.6 is 0 Å². The predicted octanol–water partition coefficient (Wildman–Crippen LogP) is 2.57. The number of rotatable bonds is 5. The lowest BCUT2D eigenvalue weighted by atomic mass is 10.2. The highest BCUT2D eigenvalue weighted by atomic mass is 16.5. The number of amides is 1. The first kappa shape index (κ1) is 18.3. The van der Waals surface area contributed by atoms with E-state index in [9.17, 15) is 9.59 Å². The zero-order valence-electron chi connectivity index (χ0n) is 15.4. The number of para-hydroxylation sites is 1. The SMILES string of the molecule is C[C@@H](OC(=O)c1nc(-c2ccccc2)n(-c2ccccc2)n1)C(=O)N(C)C. The number of carbonyl (C=O) groups is 2. The van der Waals surface area contributed by atoms with E-state index < -0.39 is 12.1 Å². The van der Waals surface area contributed by atoms with E-state index in [0.29, 0.717) is 5.82 Å². The first-order valence-corrected chi connectivity index (χ1v) is 8.47. The molecule has 0 spiro atoms. The summed E-state index contributed by atoms with van der Waals surface area (Å²) in [4.78, 5) is 30.1. The van der Waals surface area contributed by atoms with Crippen LogP contribution in [0.5, 0.6) is 0 Å². The molecule has 27 heavy (non-hydrogen) atoms. The van der Waals surface area contributed by atoms with Gasteiger partial charge in [-0.05, 0) is 19.1 Å². The summed E-state index contributed by atoms with van der Waals surface area (Å²) >= 11 is 0. The highest BCUT2D eigenvalue weighted by Gasteiger charge is 2.25. The van der Waals surface area contributed by atoms with Gasteiger partial charge in [0.05, 0.1) is 5.69 Å². The highest BCUT2D eigenvalue weighted by Crippen LogP contribution is 2.21. The fraction of sp³-hybridized carbons (Fsp3) is 0.200. The zero-order valence-corrected chi connectivity index (χ0v) is 15.4. The quantitative estimate of drug-likeness (QED) is 0.650. The van der Waals surface area contributed by atoms with Crippen LogP contribution in [0, 0.1) is 0 Å². The number of hydrogen-bond acceptors (Lipinski definition) is 5. The van der Waals surface area contributed by atoms with Crippen molar-refractivity contribution < 1.29 is 14.3 Å². The smallest absolute Gasteiger partial charge is 0.379 e. The van der Waals surface area contributed by atoms with E-state index >= 15 is 0 Å². The second kappa shape index (κ2) is 7.82. The average Bonchev–Trinajstić information content (AvgIpc) is 3.14. The third kappa shape index (κ3) is 4.03. The molecule has 0 fully saturated rings. The van der Waals surface area contributed by atoms with Gasteiger partial charge in [0.15, 0.2) is 11.9 Å². The van der Waals surface area contributed by atoms with Crippen molar-refractivity contribution in [3.63, 3.8) is 0 Å². The molecule has 3 aromatic rings. The molecule has 0 N–H and O–H groups in total. The number of likely N-dealkylation sites (N-methyl/N-ethyl adjacent to an activating group) is 1. The molecule has 138 valence electrons. The molecule has 2 aromatic carbocycles. The van der Waals surface area contributed by atoms with Crippen LogP contribution in [0.15, 0.2) is 60.7 Å². The van der Waals surface area contributed by atoms with Gasteiger partial charge in [-0.15, -0.1) is 5.10 Å². The highest BCUT2D eigenvalue weighted by molar-refractivity contribution is 5.89. The number of aromatic nitrogens is 3. The molecule has 0 aliphatic carbocycles. The monoisotopic (exact) mass is 364 g/mol. The molecule has 1 aromatic heterocycles. The van der Waals surface area contributed by atoms with Crippen LogP contribution in [0.4, 0.5) is 0 Å². The van der Waals surface area contributed by atoms with Crippen molar-refractivity contribution >= 4 is 11.9 Å². The Labute approximate surface area is 157 Å². The minimum Gasteiger partial charge on any atom is -0.447 e. The number of nitrogens with zero attached hydrogens (tertiary/aromatic N) is 4. The van der Waals surface area contributed by atoms with Crippen LogP contribution in [-0.2, 0) is 9.53 Å². The lowest BCUT2D eigenvalue weighted by Crippen LogP contribution is -2.35. The van der Waals surface area contributed by atoms with Gasteiger partial charge in [-0.1, -0.05) is 48.5 Å². The molecule has 3 rings (SSSR count). The maximum absolute atomic E-state index is 12.5. The number of carbonyl (C=O) groups excluding carboxylic acids is 2. The molecule has 1 atom stereocenters. The number of hydrogen-bond donors (Lipinski definition) is 0. The Kier molecular flexibility index (Phi) is 5.30. The summed E-state index contributed by atoms with van der Waals surface area (Å²) in [5.74, 6) is -0.643. The van der Waals surface area contributed by atoms with Gasteiger partial charge >= 0.3 is 5.97 Å². The lowest BCUT2D eigenvalue weighted by molar-refractivity contribution is -0.137. The van der Waals surface area contributed by atoms with Crippen molar-refractivity contribution in [1.29, 1.82) is 0 Å². The minimum atomic E-state index is -0.920. The predicted molar refractivity (Wildman–Crippen MR) is 100 cm³/mol. The summed E-state index contributed by atoms with van der Waals surface area (Å²) in [6.45, 7) is 1.52. The Bertz CT molecular complexity index is 879. The summed E-state index contributed by atoms with van der Waals surface area (Å²) in [6, 6.07) is 18.8. The van der Waals surface area contributed by atoms with Crippen molar-refractivity contribution in [2.75, 3.05) is 14.1 Å². The van der Waals surface area contributed by atoms with Crippen LogP contribution in [-0.4, -0.2) is 51.7 Å².